The highest BCUT2D eigenvalue weighted by Gasteiger charge is 2.34. The Balaban J connectivity index is 1.93. The molecule has 0 radical (unpaired) electrons. The largest absolute Gasteiger partial charge is 0.480 e. The van der Waals surface area contributed by atoms with E-state index in [1.54, 1.807) is 6.20 Å². The maximum atomic E-state index is 11.6. The number of rotatable bonds is 2. The summed E-state index contributed by atoms with van der Waals surface area (Å²) >= 11 is 0. The first-order chi connectivity index (χ1) is 11.1. The van der Waals surface area contributed by atoms with Crippen LogP contribution in [0.25, 0.3) is 10.9 Å². The molecular weight excluding hydrogens is 290 g/mol. The molecule has 1 aromatic carbocycles. The van der Waals surface area contributed by atoms with Crippen molar-refractivity contribution >= 4 is 16.9 Å². The van der Waals surface area contributed by atoms with E-state index in [2.05, 4.69) is 15.3 Å². The fourth-order valence-electron chi connectivity index (χ4n) is 3.45. The summed E-state index contributed by atoms with van der Waals surface area (Å²) in [7, 11) is 0. The molecule has 3 N–H and O–H groups in total. The van der Waals surface area contributed by atoms with Crippen molar-refractivity contribution in [2.45, 2.75) is 25.4 Å². The van der Waals surface area contributed by atoms with Crippen molar-refractivity contribution < 1.29 is 9.90 Å². The van der Waals surface area contributed by atoms with Gasteiger partial charge < -0.3 is 10.1 Å². The lowest BCUT2D eigenvalue weighted by Crippen LogP contribution is -2.45. The number of carbonyl (C=O) groups is 1. The van der Waals surface area contributed by atoms with Crippen LogP contribution in [0.5, 0.6) is 0 Å². The van der Waals surface area contributed by atoms with Crippen LogP contribution in [0.15, 0.2) is 42.7 Å². The van der Waals surface area contributed by atoms with Crippen molar-refractivity contribution in [2.24, 2.45) is 0 Å². The van der Waals surface area contributed by atoms with Gasteiger partial charge in [0, 0.05) is 35.4 Å². The molecule has 5 heteroatoms. The molecular formula is C18H17N3O2. The Bertz CT molecular complexity index is 900. The minimum Gasteiger partial charge on any atom is -0.480 e. The van der Waals surface area contributed by atoms with Crippen LogP contribution in [0.4, 0.5) is 0 Å². The van der Waals surface area contributed by atoms with Gasteiger partial charge >= 0.3 is 5.97 Å². The highest BCUT2D eigenvalue weighted by Crippen LogP contribution is 2.35. The molecule has 1 aliphatic rings. The Labute approximate surface area is 133 Å². The second-order valence-corrected chi connectivity index (χ2v) is 5.99. The third-order valence-corrected chi connectivity index (χ3v) is 4.58. The van der Waals surface area contributed by atoms with E-state index < -0.39 is 12.0 Å². The van der Waals surface area contributed by atoms with Crippen LogP contribution in [0, 0.1) is 6.92 Å². The lowest BCUT2D eigenvalue weighted by molar-refractivity contribution is -0.139. The second-order valence-electron chi connectivity index (χ2n) is 5.99. The molecule has 0 fully saturated rings. The molecule has 0 saturated heterocycles. The SMILES string of the molecule is Cc1cnccc1C1NC(C(=O)O)Cc2c1[nH]c1ccccc21. The minimum atomic E-state index is -0.822. The maximum absolute atomic E-state index is 11.6. The van der Waals surface area contributed by atoms with Gasteiger partial charge in [0.2, 0.25) is 0 Å². The van der Waals surface area contributed by atoms with E-state index in [-0.39, 0.29) is 6.04 Å². The number of fused-ring (bicyclic) bond motifs is 3. The van der Waals surface area contributed by atoms with Crippen LogP contribution < -0.4 is 5.32 Å². The number of hydrogen-bond acceptors (Lipinski definition) is 3. The van der Waals surface area contributed by atoms with Gasteiger partial charge in [-0.25, -0.2) is 0 Å². The number of nitrogens with zero attached hydrogens (tertiary/aromatic N) is 1. The third-order valence-electron chi connectivity index (χ3n) is 4.58. The molecule has 0 aliphatic carbocycles. The van der Waals surface area contributed by atoms with Crippen molar-refractivity contribution in [2.75, 3.05) is 0 Å². The van der Waals surface area contributed by atoms with Gasteiger partial charge in [0.25, 0.3) is 0 Å². The number of pyridine rings is 1. The number of benzene rings is 1. The summed E-state index contributed by atoms with van der Waals surface area (Å²) in [5.74, 6) is -0.822. The molecule has 4 rings (SSSR count). The summed E-state index contributed by atoms with van der Waals surface area (Å²) in [4.78, 5) is 19.2. The van der Waals surface area contributed by atoms with Crippen LogP contribution >= 0.6 is 0 Å². The topological polar surface area (TPSA) is 78.0 Å². The van der Waals surface area contributed by atoms with Crippen LogP contribution in [-0.2, 0) is 11.2 Å². The van der Waals surface area contributed by atoms with E-state index in [1.807, 2.05) is 43.5 Å². The third kappa shape index (κ3) is 2.21. The number of aromatic nitrogens is 2. The highest BCUT2D eigenvalue weighted by atomic mass is 16.4. The van der Waals surface area contributed by atoms with Crippen molar-refractivity contribution in [1.82, 2.24) is 15.3 Å². The molecule has 2 unspecified atom stereocenters. The second kappa shape index (κ2) is 5.21. The molecule has 3 aromatic rings. The summed E-state index contributed by atoms with van der Waals surface area (Å²) in [5.41, 5.74) is 5.28. The average molecular weight is 307 g/mol. The summed E-state index contributed by atoms with van der Waals surface area (Å²) in [6, 6.07) is 9.23. The van der Waals surface area contributed by atoms with Crippen LogP contribution in [0.2, 0.25) is 0 Å². The van der Waals surface area contributed by atoms with Gasteiger partial charge in [0.05, 0.1) is 6.04 Å². The fourth-order valence-corrected chi connectivity index (χ4v) is 3.45. The van der Waals surface area contributed by atoms with Gasteiger partial charge in [-0.05, 0) is 35.7 Å². The van der Waals surface area contributed by atoms with Crippen molar-refractivity contribution in [1.29, 1.82) is 0 Å². The molecule has 2 aromatic heterocycles. The average Bonchev–Trinajstić information content (AvgIpc) is 2.93. The Morgan fingerprint density at radius 3 is 2.91 bits per heavy atom. The number of aryl methyl sites for hydroxylation is 1. The number of carboxylic acid groups (broad SMARTS) is 1. The summed E-state index contributed by atoms with van der Waals surface area (Å²) in [6.07, 6.45) is 4.04. The van der Waals surface area contributed by atoms with Crippen LogP contribution in [0.1, 0.15) is 28.4 Å². The quantitative estimate of drug-likeness (QED) is 0.680. The predicted molar refractivity (Wildman–Crippen MR) is 87.4 cm³/mol. The molecule has 0 bridgehead atoms. The van der Waals surface area contributed by atoms with Gasteiger partial charge in [0.15, 0.2) is 0 Å². The molecule has 1 aliphatic heterocycles. The number of H-pyrrole nitrogens is 1. The Hall–Kier alpha value is -2.66. The minimum absolute atomic E-state index is 0.171. The molecule has 2 atom stereocenters. The number of carboxylic acids is 1. The Morgan fingerprint density at radius 1 is 1.30 bits per heavy atom. The van der Waals surface area contributed by atoms with Crippen molar-refractivity contribution in [3.8, 4) is 0 Å². The Morgan fingerprint density at radius 2 is 2.13 bits per heavy atom. The van der Waals surface area contributed by atoms with Crippen LogP contribution in [0.3, 0.4) is 0 Å². The monoisotopic (exact) mass is 307 g/mol. The zero-order chi connectivity index (χ0) is 16.0. The van der Waals surface area contributed by atoms with Crippen molar-refractivity contribution in [3.63, 3.8) is 0 Å². The van der Waals surface area contributed by atoms with E-state index in [1.165, 1.54) is 0 Å². The summed E-state index contributed by atoms with van der Waals surface area (Å²) in [6.45, 7) is 2.00. The predicted octanol–water partition coefficient (Wildman–Crippen LogP) is 2.56. The van der Waals surface area contributed by atoms with Gasteiger partial charge in [0.1, 0.15) is 6.04 Å². The van der Waals surface area contributed by atoms with E-state index in [4.69, 9.17) is 0 Å². The number of aromatic amines is 1. The molecule has 0 amide bonds. The molecule has 0 saturated carbocycles. The number of hydrogen-bond donors (Lipinski definition) is 3. The smallest absolute Gasteiger partial charge is 0.321 e. The van der Waals surface area contributed by atoms with Crippen molar-refractivity contribution in [3.05, 3.63) is 65.1 Å². The lowest BCUT2D eigenvalue weighted by atomic mass is 9.89. The van der Waals surface area contributed by atoms with E-state index in [0.717, 1.165) is 33.3 Å². The first kappa shape index (κ1) is 14.0. The fraction of sp³-hybridized carbons (Fsp3) is 0.222. The number of para-hydroxylation sites is 1. The van der Waals surface area contributed by atoms with Gasteiger partial charge in [-0.15, -0.1) is 0 Å². The zero-order valence-corrected chi connectivity index (χ0v) is 12.7. The zero-order valence-electron chi connectivity index (χ0n) is 12.7. The van der Waals surface area contributed by atoms with Gasteiger partial charge in [-0.2, -0.15) is 0 Å². The van der Waals surface area contributed by atoms with Crippen LogP contribution in [-0.4, -0.2) is 27.1 Å². The normalized spacial score (nSPS) is 20.4. The summed E-state index contributed by atoms with van der Waals surface area (Å²) in [5, 5.41) is 13.9. The summed E-state index contributed by atoms with van der Waals surface area (Å²) < 4.78 is 0. The Kier molecular flexibility index (Phi) is 3.16. The molecule has 23 heavy (non-hydrogen) atoms. The molecule has 116 valence electrons. The first-order valence-corrected chi connectivity index (χ1v) is 7.64. The maximum Gasteiger partial charge on any atom is 0.321 e. The van der Waals surface area contributed by atoms with E-state index >= 15 is 0 Å². The van der Waals surface area contributed by atoms with Gasteiger partial charge in [-0.3, -0.25) is 15.1 Å². The highest BCUT2D eigenvalue weighted by molar-refractivity contribution is 5.87. The standard InChI is InChI=1S/C18H17N3O2/c1-10-9-19-7-6-11(10)16-17-13(8-15(21-16)18(22)23)12-4-2-3-5-14(12)20-17/h2-7,9,15-16,20-21H,8H2,1H3,(H,22,23). The molecule has 5 nitrogen and oxygen atoms in total. The number of nitrogens with one attached hydrogen (secondary N) is 2. The first-order valence-electron chi connectivity index (χ1n) is 7.64. The molecule has 3 heterocycles. The van der Waals surface area contributed by atoms with Gasteiger partial charge in [-0.1, -0.05) is 18.2 Å². The lowest BCUT2D eigenvalue weighted by Gasteiger charge is -2.30. The van der Waals surface area contributed by atoms with E-state index in [0.29, 0.717) is 6.42 Å². The number of aliphatic carboxylic acids is 1. The van der Waals surface area contributed by atoms with E-state index in [9.17, 15) is 9.90 Å². The molecule has 0 spiro atoms.